The molecule has 1 aromatic carbocycles. The van der Waals surface area contributed by atoms with E-state index in [1.165, 1.54) is 19.3 Å². The molecule has 2 nitrogen and oxygen atoms in total. The first-order valence-electron chi connectivity index (χ1n) is 6.71. The Bertz CT molecular complexity index is 443. The van der Waals surface area contributed by atoms with Crippen LogP contribution in [-0.4, -0.2) is 23.5 Å². The molecule has 2 rings (SSSR count). The van der Waals surface area contributed by atoms with Gasteiger partial charge in [0.15, 0.2) is 0 Å². The van der Waals surface area contributed by atoms with E-state index < -0.39 is 0 Å². The van der Waals surface area contributed by atoms with Crippen molar-refractivity contribution in [1.29, 1.82) is 0 Å². The lowest BCUT2D eigenvalue weighted by molar-refractivity contribution is 0.0929. The van der Waals surface area contributed by atoms with E-state index in [-0.39, 0.29) is 5.91 Å². The maximum Gasteiger partial charge on any atom is 0.251 e. The lowest BCUT2D eigenvalue weighted by Gasteiger charge is -2.31. The summed E-state index contributed by atoms with van der Waals surface area (Å²) in [7, 11) is 0. The minimum atomic E-state index is 0.0513. The monoisotopic (exact) mass is 341 g/mol. The van der Waals surface area contributed by atoms with Gasteiger partial charge in [0.25, 0.3) is 5.91 Å². The molecular weight excluding hydrogens is 322 g/mol. The highest BCUT2D eigenvalue weighted by Crippen LogP contribution is 2.27. The average Bonchev–Trinajstić information content (AvgIpc) is 2.38. The summed E-state index contributed by atoms with van der Waals surface area (Å²) >= 11 is 5.32. The van der Waals surface area contributed by atoms with E-state index in [0.717, 1.165) is 22.0 Å². The molecule has 0 spiro atoms. The number of hydrogen-bond donors (Lipinski definition) is 1. The van der Waals surface area contributed by atoms with Crippen molar-refractivity contribution in [3.05, 3.63) is 33.8 Å². The summed E-state index contributed by atoms with van der Waals surface area (Å²) in [6.07, 6.45) is 6.96. The summed E-state index contributed by atoms with van der Waals surface area (Å²) < 4.78 is 0.961. The number of amides is 1. The average molecular weight is 342 g/mol. The van der Waals surface area contributed by atoms with Crippen LogP contribution in [0.2, 0.25) is 0 Å². The van der Waals surface area contributed by atoms with Crippen molar-refractivity contribution < 1.29 is 4.79 Å². The maximum absolute atomic E-state index is 12.3. The van der Waals surface area contributed by atoms with Gasteiger partial charge >= 0.3 is 0 Å². The maximum atomic E-state index is 12.3. The summed E-state index contributed by atoms with van der Waals surface area (Å²) in [5.41, 5.74) is 1.85. The molecule has 0 bridgehead atoms. The third-order valence-corrected chi connectivity index (χ3v) is 5.25. The first-order valence-corrected chi connectivity index (χ1v) is 8.79. The van der Waals surface area contributed by atoms with Gasteiger partial charge in [0.2, 0.25) is 0 Å². The highest BCUT2D eigenvalue weighted by Gasteiger charge is 2.26. The number of halogens is 1. The van der Waals surface area contributed by atoms with E-state index in [1.54, 1.807) is 0 Å². The molecule has 1 aliphatic rings. The zero-order valence-corrected chi connectivity index (χ0v) is 13.8. The van der Waals surface area contributed by atoms with Crippen LogP contribution in [0, 0.1) is 6.92 Å². The molecule has 2 atom stereocenters. The first kappa shape index (κ1) is 14.9. The van der Waals surface area contributed by atoms with Crippen molar-refractivity contribution in [1.82, 2.24) is 5.32 Å². The van der Waals surface area contributed by atoms with Crippen LogP contribution < -0.4 is 5.32 Å². The lowest BCUT2D eigenvalue weighted by Crippen LogP contribution is -2.43. The Morgan fingerprint density at radius 2 is 2.05 bits per heavy atom. The molecule has 0 heterocycles. The van der Waals surface area contributed by atoms with Crippen molar-refractivity contribution in [2.24, 2.45) is 0 Å². The largest absolute Gasteiger partial charge is 0.348 e. The summed E-state index contributed by atoms with van der Waals surface area (Å²) in [6, 6.07) is 6.16. The molecule has 1 aromatic rings. The number of thioether (sulfide) groups is 1. The molecule has 19 heavy (non-hydrogen) atoms. The molecule has 2 unspecified atom stereocenters. The summed E-state index contributed by atoms with van der Waals surface area (Å²) in [5.74, 6) is 0.0513. The number of benzene rings is 1. The Balaban J connectivity index is 2.07. The second-order valence-electron chi connectivity index (χ2n) is 5.16. The second kappa shape index (κ2) is 6.80. The van der Waals surface area contributed by atoms with Gasteiger partial charge in [-0.05, 0) is 49.8 Å². The molecule has 1 amide bonds. The number of carbonyl (C=O) groups is 1. The van der Waals surface area contributed by atoms with E-state index >= 15 is 0 Å². The van der Waals surface area contributed by atoms with E-state index in [9.17, 15) is 4.79 Å². The number of hydrogen-bond acceptors (Lipinski definition) is 2. The molecule has 0 saturated heterocycles. The smallest absolute Gasteiger partial charge is 0.251 e. The standard InChI is InChI=1S/C15H20BrNOS/c1-10-7-11(9-12(16)8-10)15(18)17-13-5-3-4-6-14(13)19-2/h7-9,13-14H,3-6H2,1-2H3,(H,17,18). The third kappa shape index (κ3) is 3.99. The third-order valence-electron chi connectivity index (χ3n) is 3.63. The quantitative estimate of drug-likeness (QED) is 0.894. The van der Waals surface area contributed by atoms with Crippen LogP contribution in [0.4, 0.5) is 0 Å². The Labute approximate surface area is 127 Å². The Morgan fingerprint density at radius 3 is 2.74 bits per heavy atom. The molecule has 1 aliphatic carbocycles. The second-order valence-corrected chi connectivity index (χ2v) is 7.15. The van der Waals surface area contributed by atoms with Crippen molar-refractivity contribution in [3.8, 4) is 0 Å². The Kier molecular flexibility index (Phi) is 5.34. The van der Waals surface area contributed by atoms with E-state index in [0.29, 0.717) is 11.3 Å². The zero-order valence-electron chi connectivity index (χ0n) is 11.4. The van der Waals surface area contributed by atoms with Crippen molar-refractivity contribution >= 4 is 33.6 Å². The van der Waals surface area contributed by atoms with E-state index in [4.69, 9.17) is 0 Å². The van der Waals surface area contributed by atoms with Crippen LogP contribution >= 0.6 is 27.7 Å². The predicted molar refractivity (Wildman–Crippen MR) is 85.9 cm³/mol. The summed E-state index contributed by atoms with van der Waals surface area (Å²) in [5, 5.41) is 3.77. The zero-order chi connectivity index (χ0) is 13.8. The van der Waals surface area contributed by atoms with Gasteiger partial charge in [-0.3, -0.25) is 4.79 Å². The molecule has 1 saturated carbocycles. The van der Waals surface area contributed by atoms with Gasteiger partial charge in [0.05, 0.1) is 0 Å². The number of nitrogens with one attached hydrogen (secondary N) is 1. The van der Waals surface area contributed by atoms with Gasteiger partial charge in [-0.2, -0.15) is 11.8 Å². The van der Waals surface area contributed by atoms with Crippen LogP contribution in [-0.2, 0) is 0 Å². The van der Waals surface area contributed by atoms with Crippen LogP contribution in [0.15, 0.2) is 22.7 Å². The molecule has 0 aromatic heterocycles. The summed E-state index contributed by atoms with van der Waals surface area (Å²) in [4.78, 5) is 12.3. The van der Waals surface area contributed by atoms with Gasteiger partial charge in [0, 0.05) is 21.3 Å². The number of aryl methyl sites for hydroxylation is 1. The van der Waals surface area contributed by atoms with Gasteiger partial charge in [0.1, 0.15) is 0 Å². The highest BCUT2D eigenvalue weighted by atomic mass is 79.9. The molecule has 4 heteroatoms. The number of rotatable bonds is 3. The van der Waals surface area contributed by atoms with Crippen molar-refractivity contribution in [2.45, 2.75) is 43.9 Å². The minimum absolute atomic E-state index is 0.0513. The fourth-order valence-electron chi connectivity index (χ4n) is 2.66. The van der Waals surface area contributed by atoms with Gasteiger partial charge < -0.3 is 5.32 Å². The van der Waals surface area contributed by atoms with Crippen LogP contribution in [0.5, 0.6) is 0 Å². The highest BCUT2D eigenvalue weighted by molar-refractivity contribution is 9.10. The fourth-order valence-corrected chi connectivity index (χ4v) is 4.21. The topological polar surface area (TPSA) is 29.1 Å². The molecule has 1 N–H and O–H groups in total. The minimum Gasteiger partial charge on any atom is -0.348 e. The van der Waals surface area contributed by atoms with Crippen molar-refractivity contribution in [3.63, 3.8) is 0 Å². The van der Waals surface area contributed by atoms with Crippen LogP contribution in [0.25, 0.3) is 0 Å². The molecule has 0 radical (unpaired) electrons. The normalized spacial score (nSPS) is 23.1. The lowest BCUT2D eigenvalue weighted by atomic mass is 9.94. The van der Waals surface area contributed by atoms with Crippen LogP contribution in [0.1, 0.15) is 41.6 Å². The molecule has 1 fully saturated rings. The molecule has 104 valence electrons. The SMILES string of the molecule is CSC1CCCCC1NC(=O)c1cc(C)cc(Br)c1. The Hall–Kier alpha value is -0.480. The van der Waals surface area contributed by atoms with Gasteiger partial charge in [-0.25, -0.2) is 0 Å². The van der Waals surface area contributed by atoms with Gasteiger partial charge in [-0.15, -0.1) is 0 Å². The van der Waals surface area contributed by atoms with E-state index in [2.05, 4.69) is 27.5 Å². The van der Waals surface area contributed by atoms with E-state index in [1.807, 2.05) is 36.9 Å². The fraction of sp³-hybridized carbons (Fsp3) is 0.533. The number of carbonyl (C=O) groups excluding carboxylic acids is 1. The van der Waals surface area contributed by atoms with Crippen LogP contribution in [0.3, 0.4) is 0 Å². The van der Waals surface area contributed by atoms with Gasteiger partial charge in [-0.1, -0.05) is 28.8 Å². The van der Waals surface area contributed by atoms with Crippen molar-refractivity contribution in [2.75, 3.05) is 6.26 Å². The molecular formula is C15H20BrNOS. The Morgan fingerprint density at radius 1 is 1.32 bits per heavy atom. The predicted octanol–water partition coefficient (Wildman–Crippen LogP) is 4.16. The molecule has 0 aliphatic heterocycles. The first-order chi connectivity index (χ1) is 9.10. The summed E-state index contributed by atoms with van der Waals surface area (Å²) in [6.45, 7) is 2.01.